The third kappa shape index (κ3) is 3.43. The Morgan fingerprint density at radius 2 is 2.43 bits per heavy atom. The van der Waals surface area contributed by atoms with Gasteiger partial charge in [0.2, 0.25) is 0 Å². The molecule has 0 saturated carbocycles. The van der Waals surface area contributed by atoms with Crippen LogP contribution in [-0.2, 0) is 13.6 Å². The molecule has 0 fully saturated rings. The third-order valence-corrected chi connectivity index (χ3v) is 2.28. The van der Waals surface area contributed by atoms with Gasteiger partial charge in [0.1, 0.15) is 5.82 Å². The molecule has 2 N–H and O–H groups in total. The van der Waals surface area contributed by atoms with Gasteiger partial charge in [-0.05, 0) is 7.05 Å². The van der Waals surface area contributed by atoms with Gasteiger partial charge in [-0.1, -0.05) is 12.2 Å². The normalized spacial score (nSPS) is 10.8. The second-order valence-electron chi connectivity index (χ2n) is 3.41. The highest BCUT2D eigenvalue weighted by Crippen LogP contribution is 1.99. The Labute approximate surface area is 89.7 Å². The zero-order valence-electron chi connectivity index (χ0n) is 8.60. The van der Waals surface area contributed by atoms with Crippen LogP contribution in [0.4, 0.5) is 0 Å². The third-order valence-electron chi connectivity index (χ3n) is 2.07. The average Bonchev–Trinajstić information content (AvgIpc) is 2.49. The van der Waals surface area contributed by atoms with Gasteiger partial charge in [-0.15, -0.1) is 0 Å². The molecule has 1 aromatic heterocycles. The number of nitrogens with two attached hydrogens (primary N) is 1. The van der Waals surface area contributed by atoms with Crippen LogP contribution in [0, 0.1) is 0 Å². The summed E-state index contributed by atoms with van der Waals surface area (Å²) in [7, 11) is 4.02. The van der Waals surface area contributed by atoms with Gasteiger partial charge in [0, 0.05) is 32.4 Å². The van der Waals surface area contributed by atoms with E-state index < -0.39 is 0 Å². The molecule has 0 aromatic carbocycles. The summed E-state index contributed by atoms with van der Waals surface area (Å²) in [4.78, 5) is 6.96. The molecule has 78 valence electrons. The number of thiocarbonyl (C=S) groups is 1. The number of nitrogens with zero attached hydrogens (tertiary/aromatic N) is 3. The summed E-state index contributed by atoms with van der Waals surface area (Å²) < 4.78 is 2.01. The molecule has 4 nitrogen and oxygen atoms in total. The van der Waals surface area contributed by atoms with E-state index in [0.717, 1.165) is 25.3 Å². The highest BCUT2D eigenvalue weighted by Gasteiger charge is 2.04. The molecule has 0 saturated heterocycles. The molecule has 1 heterocycles. The van der Waals surface area contributed by atoms with E-state index in [1.54, 1.807) is 6.20 Å². The van der Waals surface area contributed by atoms with Gasteiger partial charge in [-0.2, -0.15) is 0 Å². The van der Waals surface area contributed by atoms with E-state index in [4.69, 9.17) is 18.0 Å². The Morgan fingerprint density at radius 1 is 1.71 bits per heavy atom. The molecule has 0 radical (unpaired) electrons. The number of rotatable bonds is 5. The van der Waals surface area contributed by atoms with Crippen LogP contribution in [0.3, 0.4) is 0 Å². The van der Waals surface area contributed by atoms with Crippen LogP contribution in [0.15, 0.2) is 12.4 Å². The Bertz CT molecular complexity index is 308. The Balaban J connectivity index is 2.37. The lowest BCUT2D eigenvalue weighted by Gasteiger charge is -2.15. The van der Waals surface area contributed by atoms with Gasteiger partial charge in [-0.3, -0.25) is 4.90 Å². The molecular weight excluding hydrogens is 196 g/mol. The molecule has 0 atom stereocenters. The first-order valence-corrected chi connectivity index (χ1v) is 4.93. The molecule has 0 aliphatic carbocycles. The van der Waals surface area contributed by atoms with E-state index in [1.807, 2.05) is 24.9 Å². The van der Waals surface area contributed by atoms with Crippen molar-refractivity contribution >= 4 is 17.2 Å². The van der Waals surface area contributed by atoms with Crippen molar-refractivity contribution in [2.24, 2.45) is 12.8 Å². The largest absolute Gasteiger partial charge is 0.393 e. The molecule has 1 aromatic rings. The van der Waals surface area contributed by atoms with Gasteiger partial charge >= 0.3 is 0 Å². The van der Waals surface area contributed by atoms with Gasteiger partial charge in [0.25, 0.3) is 0 Å². The van der Waals surface area contributed by atoms with Gasteiger partial charge in [0.05, 0.1) is 11.5 Å². The molecule has 0 unspecified atom stereocenters. The summed E-state index contributed by atoms with van der Waals surface area (Å²) in [5.74, 6) is 1.05. The summed E-state index contributed by atoms with van der Waals surface area (Å²) in [6.45, 7) is 1.70. The van der Waals surface area contributed by atoms with Crippen LogP contribution in [0.1, 0.15) is 12.2 Å². The Morgan fingerprint density at radius 3 is 2.93 bits per heavy atom. The van der Waals surface area contributed by atoms with Crippen molar-refractivity contribution in [1.82, 2.24) is 14.5 Å². The SMILES string of the molecule is CN(CCC(N)=S)Cc1nccn1C. The summed E-state index contributed by atoms with van der Waals surface area (Å²) in [5.41, 5.74) is 5.43. The number of imidazole rings is 1. The van der Waals surface area contributed by atoms with Crippen LogP contribution in [0.2, 0.25) is 0 Å². The minimum atomic E-state index is 0.566. The van der Waals surface area contributed by atoms with E-state index in [0.29, 0.717) is 4.99 Å². The van der Waals surface area contributed by atoms with Gasteiger partial charge < -0.3 is 10.3 Å². The quantitative estimate of drug-likeness (QED) is 0.723. The van der Waals surface area contributed by atoms with Crippen LogP contribution in [0.5, 0.6) is 0 Å². The fourth-order valence-corrected chi connectivity index (χ4v) is 1.26. The molecule has 0 aliphatic heterocycles. The van der Waals surface area contributed by atoms with Crippen LogP contribution < -0.4 is 5.73 Å². The Kier molecular flexibility index (Phi) is 4.03. The lowest BCUT2D eigenvalue weighted by atomic mass is 10.4. The first-order chi connectivity index (χ1) is 6.59. The van der Waals surface area contributed by atoms with Crippen molar-refractivity contribution in [3.8, 4) is 0 Å². The van der Waals surface area contributed by atoms with Crippen LogP contribution >= 0.6 is 12.2 Å². The molecule has 0 spiro atoms. The second kappa shape index (κ2) is 5.07. The topological polar surface area (TPSA) is 47.1 Å². The van der Waals surface area contributed by atoms with Crippen LogP contribution in [-0.4, -0.2) is 33.0 Å². The summed E-state index contributed by atoms with van der Waals surface area (Å²) in [5, 5.41) is 0. The molecule has 0 aliphatic rings. The van der Waals surface area contributed by atoms with E-state index in [1.165, 1.54) is 0 Å². The monoisotopic (exact) mass is 212 g/mol. The van der Waals surface area contributed by atoms with Crippen LogP contribution in [0.25, 0.3) is 0 Å². The van der Waals surface area contributed by atoms with Crippen molar-refractivity contribution in [2.75, 3.05) is 13.6 Å². The zero-order valence-corrected chi connectivity index (χ0v) is 9.42. The first-order valence-electron chi connectivity index (χ1n) is 4.52. The number of aromatic nitrogens is 2. The maximum Gasteiger partial charge on any atom is 0.122 e. The average molecular weight is 212 g/mol. The van der Waals surface area contributed by atoms with Crippen molar-refractivity contribution in [3.63, 3.8) is 0 Å². The van der Waals surface area contributed by atoms with E-state index in [9.17, 15) is 0 Å². The summed E-state index contributed by atoms with van der Waals surface area (Å²) in [6.07, 6.45) is 4.50. The van der Waals surface area contributed by atoms with Gasteiger partial charge in [0.15, 0.2) is 0 Å². The molecular formula is C9H16N4S. The van der Waals surface area contributed by atoms with Crippen molar-refractivity contribution in [3.05, 3.63) is 18.2 Å². The second-order valence-corrected chi connectivity index (χ2v) is 3.93. The Hall–Kier alpha value is -0.940. The smallest absolute Gasteiger partial charge is 0.122 e. The van der Waals surface area contributed by atoms with Gasteiger partial charge in [-0.25, -0.2) is 4.98 Å². The number of hydrogen-bond acceptors (Lipinski definition) is 3. The van der Waals surface area contributed by atoms with E-state index in [-0.39, 0.29) is 0 Å². The maximum atomic E-state index is 5.43. The number of aryl methyl sites for hydroxylation is 1. The van der Waals surface area contributed by atoms with E-state index >= 15 is 0 Å². The molecule has 0 bridgehead atoms. The first kappa shape index (κ1) is 11.1. The fraction of sp³-hybridized carbons (Fsp3) is 0.556. The standard InChI is InChI=1S/C9H16N4S/c1-12(5-3-8(10)14)7-9-11-4-6-13(9)2/h4,6H,3,5,7H2,1-2H3,(H2,10,14). The fourth-order valence-electron chi connectivity index (χ4n) is 1.17. The number of hydrogen-bond donors (Lipinski definition) is 1. The maximum absolute atomic E-state index is 5.43. The highest BCUT2D eigenvalue weighted by molar-refractivity contribution is 7.80. The zero-order chi connectivity index (χ0) is 10.6. The molecule has 5 heteroatoms. The predicted molar refractivity (Wildman–Crippen MR) is 60.9 cm³/mol. The van der Waals surface area contributed by atoms with Crippen molar-refractivity contribution in [2.45, 2.75) is 13.0 Å². The summed E-state index contributed by atoms with van der Waals surface area (Å²) >= 11 is 4.82. The predicted octanol–water partition coefficient (Wildman–Crippen LogP) is 0.528. The molecule has 14 heavy (non-hydrogen) atoms. The molecule has 0 amide bonds. The molecule has 1 rings (SSSR count). The van der Waals surface area contributed by atoms with E-state index in [2.05, 4.69) is 9.88 Å². The highest BCUT2D eigenvalue weighted by atomic mass is 32.1. The lowest BCUT2D eigenvalue weighted by Crippen LogP contribution is -2.24. The minimum Gasteiger partial charge on any atom is -0.393 e. The lowest BCUT2D eigenvalue weighted by molar-refractivity contribution is 0.324. The minimum absolute atomic E-state index is 0.566. The van der Waals surface area contributed by atoms with Crippen molar-refractivity contribution < 1.29 is 0 Å². The summed E-state index contributed by atoms with van der Waals surface area (Å²) in [6, 6.07) is 0. The van der Waals surface area contributed by atoms with Crippen molar-refractivity contribution in [1.29, 1.82) is 0 Å².